The van der Waals surface area contributed by atoms with Crippen LogP contribution in [-0.4, -0.2) is 40.4 Å². The Bertz CT molecular complexity index is 1250. The van der Waals surface area contributed by atoms with Gasteiger partial charge in [0.25, 0.3) is 0 Å². The van der Waals surface area contributed by atoms with Crippen LogP contribution < -0.4 is 5.69 Å². The summed E-state index contributed by atoms with van der Waals surface area (Å²) < 4.78 is 5.69. The van der Waals surface area contributed by atoms with Crippen LogP contribution in [0.3, 0.4) is 0 Å². The van der Waals surface area contributed by atoms with Gasteiger partial charge in [-0.05, 0) is 43.9 Å². The fourth-order valence-corrected chi connectivity index (χ4v) is 4.03. The van der Waals surface area contributed by atoms with E-state index < -0.39 is 0 Å². The number of rotatable bonds is 7. The maximum Gasteiger partial charge on any atom is 0.329 e. The normalized spacial score (nSPS) is 14.3. The van der Waals surface area contributed by atoms with Crippen LogP contribution in [0.4, 0.5) is 0 Å². The number of pyridine rings is 2. The Morgan fingerprint density at radius 3 is 2.72 bits per heavy atom. The van der Waals surface area contributed by atoms with Gasteiger partial charge in [-0.1, -0.05) is 11.6 Å². The first-order valence-electron chi connectivity index (χ1n) is 9.84. The number of unbranched alkanes of at least 4 members (excludes halogenated alkanes) is 1. The SMILES string of the molecule is O=c1n(Cc2nc3nc(Cl)ccc3n2CCCCO)c2cnccc2n1C1CC1. The summed E-state index contributed by atoms with van der Waals surface area (Å²) in [6, 6.07) is 5.82. The Balaban J connectivity index is 1.63. The number of imidazole rings is 2. The molecular weight excluding hydrogens is 392 g/mol. The van der Waals surface area contributed by atoms with Gasteiger partial charge in [-0.15, -0.1) is 0 Å². The first kappa shape index (κ1) is 18.3. The van der Waals surface area contributed by atoms with Crippen molar-refractivity contribution in [3.63, 3.8) is 0 Å². The molecule has 1 fully saturated rings. The molecule has 0 atom stereocenters. The van der Waals surface area contributed by atoms with E-state index in [0.29, 0.717) is 30.3 Å². The third-order valence-corrected chi connectivity index (χ3v) is 5.63. The highest BCUT2D eigenvalue weighted by atomic mass is 35.5. The summed E-state index contributed by atoms with van der Waals surface area (Å²) in [6.45, 7) is 1.16. The third kappa shape index (κ3) is 3.22. The van der Waals surface area contributed by atoms with E-state index >= 15 is 0 Å². The Morgan fingerprint density at radius 2 is 1.93 bits per heavy atom. The van der Waals surface area contributed by atoms with E-state index in [4.69, 9.17) is 16.7 Å². The summed E-state index contributed by atoms with van der Waals surface area (Å²) in [5.74, 6) is 0.744. The van der Waals surface area contributed by atoms with Crippen LogP contribution in [0.25, 0.3) is 22.2 Å². The van der Waals surface area contributed by atoms with Crippen LogP contribution in [0.1, 0.15) is 37.5 Å². The number of aliphatic hydroxyl groups is 1. The van der Waals surface area contributed by atoms with Crippen molar-refractivity contribution in [2.24, 2.45) is 0 Å². The molecule has 0 aliphatic heterocycles. The van der Waals surface area contributed by atoms with Crippen molar-refractivity contribution in [1.82, 2.24) is 28.7 Å². The number of aryl methyl sites for hydroxylation is 1. The predicted molar refractivity (Wildman–Crippen MR) is 110 cm³/mol. The molecule has 1 saturated carbocycles. The van der Waals surface area contributed by atoms with Gasteiger partial charge in [-0.2, -0.15) is 0 Å². The fraction of sp³-hybridized carbons (Fsp3) is 0.400. The maximum atomic E-state index is 13.2. The van der Waals surface area contributed by atoms with Gasteiger partial charge in [0.15, 0.2) is 5.65 Å². The molecule has 8 nitrogen and oxygen atoms in total. The molecule has 29 heavy (non-hydrogen) atoms. The molecule has 0 unspecified atom stereocenters. The second-order valence-electron chi connectivity index (χ2n) is 7.42. The number of hydrogen-bond donors (Lipinski definition) is 1. The van der Waals surface area contributed by atoms with Crippen molar-refractivity contribution in [3.8, 4) is 0 Å². The van der Waals surface area contributed by atoms with Crippen molar-refractivity contribution in [1.29, 1.82) is 0 Å². The van der Waals surface area contributed by atoms with Gasteiger partial charge in [0, 0.05) is 25.4 Å². The molecule has 4 heterocycles. The summed E-state index contributed by atoms with van der Waals surface area (Å²) in [5.41, 5.74) is 3.13. The lowest BCUT2D eigenvalue weighted by atomic mass is 10.3. The predicted octanol–water partition coefficient (Wildman–Crippen LogP) is 2.75. The molecule has 0 amide bonds. The van der Waals surface area contributed by atoms with Crippen LogP contribution in [0.5, 0.6) is 0 Å². The number of aliphatic hydroxyl groups excluding tert-OH is 1. The molecule has 1 aliphatic rings. The lowest BCUT2D eigenvalue weighted by Gasteiger charge is -2.09. The highest BCUT2D eigenvalue weighted by Gasteiger charge is 2.29. The van der Waals surface area contributed by atoms with E-state index in [9.17, 15) is 4.79 Å². The van der Waals surface area contributed by atoms with Gasteiger partial charge >= 0.3 is 5.69 Å². The molecule has 5 rings (SSSR count). The molecule has 9 heteroatoms. The highest BCUT2D eigenvalue weighted by Crippen LogP contribution is 2.36. The van der Waals surface area contributed by atoms with E-state index in [2.05, 4.69) is 19.5 Å². The van der Waals surface area contributed by atoms with Crippen molar-refractivity contribution in [2.45, 2.75) is 44.8 Å². The minimum atomic E-state index is -0.0320. The van der Waals surface area contributed by atoms with Crippen LogP contribution in [0.2, 0.25) is 5.15 Å². The standard InChI is InChI=1S/C20H21ClN6O2/c21-17-6-5-15-19(23-17)24-18(25(15)9-1-2-10-28)12-26-16-11-22-8-7-14(16)27(20(26)29)13-3-4-13/h5-8,11,13,28H,1-4,9-10,12H2. The zero-order valence-electron chi connectivity index (χ0n) is 15.8. The minimum absolute atomic E-state index is 0.0320. The molecule has 1 aliphatic carbocycles. The van der Waals surface area contributed by atoms with Gasteiger partial charge in [0.1, 0.15) is 11.0 Å². The van der Waals surface area contributed by atoms with Crippen molar-refractivity contribution >= 4 is 33.8 Å². The molecule has 0 radical (unpaired) electrons. The first-order chi connectivity index (χ1) is 14.2. The first-order valence-corrected chi connectivity index (χ1v) is 10.2. The topological polar surface area (TPSA) is 90.8 Å². The quantitative estimate of drug-likeness (QED) is 0.372. The van der Waals surface area contributed by atoms with Crippen LogP contribution >= 0.6 is 11.6 Å². The maximum absolute atomic E-state index is 13.2. The van der Waals surface area contributed by atoms with Crippen molar-refractivity contribution in [2.75, 3.05) is 6.61 Å². The smallest absolute Gasteiger partial charge is 0.329 e. The van der Waals surface area contributed by atoms with Crippen molar-refractivity contribution in [3.05, 3.63) is 52.1 Å². The Labute approximate surface area is 171 Å². The molecular formula is C20H21ClN6O2. The van der Waals surface area contributed by atoms with Gasteiger partial charge in [0.05, 0.1) is 29.3 Å². The largest absolute Gasteiger partial charge is 0.396 e. The number of hydrogen-bond acceptors (Lipinski definition) is 5. The van der Waals surface area contributed by atoms with E-state index in [1.165, 1.54) is 0 Å². The summed E-state index contributed by atoms with van der Waals surface area (Å²) in [6.07, 6.45) is 7.03. The summed E-state index contributed by atoms with van der Waals surface area (Å²) in [4.78, 5) is 26.5. The lowest BCUT2D eigenvalue weighted by Crippen LogP contribution is -2.25. The Morgan fingerprint density at radius 1 is 1.07 bits per heavy atom. The summed E-state index contributed by atoms with van der Waals surface area (Å²) in [7, 11) is 0. The number of nitrogens with zero attached hydrogens (tertiary/aromatic N) is 6. The average molecular weight is 413 g/mol. The molecule has 1 N–H and O–H groups in total. The lowest BCUT2D eigenvalue weighted by molar-refractivity contribution is 0.281. The molecule has 0 bridgehead atoms. The van der Waals surface area contributed by atoms with E-state index in [1.807, 2.05) is 16.7 Å². The average Bonchev–Trinajstić information content (AvgIpc) is 3.44. The number of halogens is 1. The number of fused-ring (bicyclic) bond motifs is 2. The van der Waals surface area contributed by atoms with Crippen LogP contribution in [-0.2, 0) is 13.1 Å². The second kappa shape index (κ2) is 7.27. The second-order valence-corrected chi connectivity index (χ2v) is 7.81. The monoisotopic (exact) mass is 412 g/mol. The summed E-state index contributed by atoms with van der Waals surface area (Å²) in [5, 5.41) is 9.54. The van der Waals surface area contributed by atoms with Crippen molar-refractivity contribution < 1.29 is 5.11 Å². The fourth-order valence-electron chi connectivity index (χ4n) is 3.89. The van der Waals surface area contributed by atoms with Gasteiger partial charge in [-0.3, -0.25) is 14.1 Å². The molecule has 0 aromatic carbocycles. The zero-order valence-corrected chi connectivity index (χ0v) is 16.6. The van der Waals surface area contributed by atoms with Gasteiger partial charge in [0.2, 0.25) is 0 Å². The Hall–Kier alpha value is -2.71. The molecule has 0 spiro atoms. The van der Waals surface area contributed by atoms with E-state index in [-0.39, 0.29) is 18.3 Å². The number of aromatic nitrogens is 6. The minimum Gasteiger partial charge on any atom is -0.396 e. The van der Waals surface area contributed by atoms with Gasteiger partial charge < -0.3 is 9.67 Å². The molecule has 4 aromatic heterocycles. The van der Waals surface area contributed by atoms with E-state index in [0.717, 1.165) is 41.6 Å². The summed E-state index contributed by atoms with van der Waals surface area (Å²) >= 11 is 6.06. The Kier molecular flexibility index (Phi) is 4.60. The zero-order chi connectivity index (χ0) is 20.0. The third-order valence-electron chi connectivity index (χ3n) is 5.42. The highest BCUT2D eigenvalue weighted by molar-refractivity contribution is 6.29. The van der Waals surface area contributed by atoms with E-state index in [1.54, 1.807) is 23.0 Å². The molecule has 150 valence electrons. The van der Waals surface area contributed by atoms with Crippen LogP contribution in [0.15, 0.2) is 35.4 Å². The van der Waals surface area contributed by atoms with Gasteiger partial charge in [-0.25, -0.2) is 14.8 Å². The molecule has 0 saturated heterocycles. The molecule has 4 aromatic rings. The van der Waals surface area contributed by atoms with Crippen LogP contribution in [0, 0.1) is 0 Å².